The Balaban J connectivity index is 2.32. The van der Waals surface area contributed by atoms with E-state index in [9.17, 15) is 9.59 Å². The maximum absolute atomic E-state index is 12.7. The lowest BCUT2D eigenvalue weighted by Gasteiger charge is -2.10. The normalized spacial score (nSPS) is 10.4. The SMILES string of the molecule is COC(=O)c1c(-c2ccccc2OCCBr)nn(-c2ccccc2)c1C(=O)OC. The molecule has 3 rings (SSSR count). The average molecular weight is 459 g/mol. The number of esters is 2. The first-order valence-corrected chi connectivity index (χ1v) is 9.87. The molecule has 0 aliphatic heterocycles. The number of halogens is 1. The molecular formula is C21H19BrN2O5. The number of aromatic nitrogens is 2. The Morgan fingerprint density at radius 3 is 2.28 bits per heavy atom. The Morgan fingerprint density at radius 2 is 1.62 bits per heavy atom. The summed E-state index contributed by atoms with van der Waals surface area (Å²) in [5.74, 6) is -0.865. The number of para-hydroxylation sites is 2. The molecule has 0 atom stereocenters. The van der Waals surface area contributed by atoms with E-state index < -0.39 is 11.9 Å². The fraction of sp³-hybridized carbons (Fsp3) is 0.190. The van der Waals surface area contributed by atoms with E-state index in [0.29, 0.717) is 28.9 Å². The minimum Gasteiger partial charge on any atom is -0.492 e. The Labute approximate surface area is 176 Å². The summed E-state index contributed by atoms with van der Waals surface area (Å²) < 4.78 is 17.1. The molecule has 0 aliphatic rings. The molecule has 150 valence electrons. The Kier molecular flexibility index (Phi) is 6.66. The largest absolute Gasteiger partial charge is 0.492 e. The number of methoxy groups -OCH3 is 2. The van der Waals surface area contributed by atoms with E-state index in [-0.39, 0.29) is 17.0 Å². The van der Waals surface area contributed by atoms with Crippen LogP contribution in [0.3, 0.4) is 0 Å². The second-order valence-electron chi connectivity index (χ2n) is 5.84. The first-order valence-electron chi connectivity index (χ1n) is 8.75. The van der Waals surface area contributed by atoms with Gasteiger partial charge in [-0.05, 0) is 24.3 Å². The number of hydrogen-bond acceptors (Lipinski definition) is 6. The predicted molar refractivity (Wildman–Crippen MR) is 111 cm³/mol. The Morgan fingerprint density at radius 1 is 0.966 bits per heavy atom. The maximum Gasteiger partial charge on any atom is 0.357 e. The molecule has 0 radical (unpaired) electrons. The van der Waals surface area contributed by atoms with Gasteiger partial charge in [0.05, 0.1) is 26.5 Å². The molecule has 29 heavy (non-hydrogen) atoms. The minimum atomic E-state index is -0.702. The Bertz CT molecular complexity index is 1020. The zero-order valence-electron chi connectivity index (χ0n) is 15.9. The summed E-state index contributed by atoms with van der Waals surface area (Å²) in [6, 6.07) is 16.2. The van der Waals surface area contributed by atoms with Crippen molar-refractivity contribution >= 4 is 27.9 Å². The van der Waals surface area contributed by atoms with Crippen molar-refractivity contribution in [2.75, 3.05) is 26.2 Å². The van der Waals surface area contributed by atoms with Gasteiger partial charge in [0.25, 0.3) is 0 Å². The van der Waals surface area contributed by atoms with Crippen molar-refractivity contribution < 1.29 is 23.8 Å². The summed E-state index contributed by atoms with van der Waals surface area (Å²) in [4.78, 5) is 25.3. The third-order valence-electron chi connectivity index (χ3n) is 4.13. The van der Waals surface area contributed by atoms with Gasteiger partial charge in [0.2, 0.25) is 0 Å². The standard InChI is InChI=1S/C21H19BrN2O5/c1-27-20(25)17-18(15-10-6-7-11-16(15)29-13-12-22)23-24(19(17)21(26)28-2)14-8-4-3-5-9-14/h3-11H,12-13H2,1-2H3. The van der Waals surface area contributed by atoms with Gasteiger partial charge in [0.15, 0.2) is 5.69 Å². The molecule has 0 fully saturated rings. The summed E-state index contributed by atoms with van der Waals surface area (Å²) in [5.41, 5.74) is 1.43. The lowest BCUT2D eigenvalue weighted by Crippen LogP contribution is -2.15. The second kappa shape index (κ2) is 9.38. The van der Waals surface area contributed by atoms with Gasteiger partial charge < -0.3 is 14.2 Å². The monoisotopic (exact) mass is 458 g/mol. The van der Waals surface area contributed by atoms with Crippen LogP contribution in [-0.4, -0.2) is 47.9 Å². The summed E-state index contributed by atoms with van der Waals surface area (Å²) in [6.07, 6.45) is 0. The van der Waals surface area contributed by atoms with Crippen molar-refractivity contribution in [1.82, 2.24) is 9.78 Å². The van der Waals surface area contributed by atoms with E-state index in [1.54, 1.807) is 30.3 Å². The lowest BCUT2D eigenvalue weighted by molar-refractivity contribution is 0.0549. The molecule has 0 N–H and O–H groups in total. The van der Waals surface area contributed by atoms with E-state index in [1.165, 1.54) is 18.9 Å². The van der Waals surface area contributed by atoms with Crippen molar-refractivity contribution in [3.63, 3.8) is 0 Å². The Hall–Kier alpha value is -3.13. The highest BCUT2D eigenvalue weighted by atomic mass is 79.9. The van der Waals surface area contributed by atoms with Crippen LogP contribution < -0.4 is 4.74 Å². The van der Waals surface area contributed by atoms with Gasteiger partial charge in [0, 0.05) is 10.9 Å². The van der Waals surface area contributed by atoms with Crippen molar-refractivity contribution in [2.24, 2.45) is 0 Å². The number of alkyl halides is 1. The van der Waals surface area contributed by atoms with Crippen LogP contribution in [0.5, 0.6) is 5.75 Å². The molecule has 0 bridgehead atoms. The van der Waals surface area contributed by atoms with Crippen LogP contribution in [0.4, 0.5) is 0 Å². The first kappa shape index (κ1) is 20.6. The fourth-order valence-electron chi connectivity index (χ4n) is 2.88. The van der Waals surface area contributed by atoms with Crippen LogP contribution in [0.15, 0.2) is 54.6 Å². The van der Waals surface area contributed by atoms with Gasteiger partial charge in [0.1, 0.15) is 17.0 Å². The molecule has 7 nitrogen and oxygen atoms in total. The van der Waals surface area contributed by atoms with Gasteiger partial charge in [-0.25, -0.2) is 14.3 Å². The van der Waals surface area contributed by atoms with Crippen molar-refractivity contribution in [3.8, 4) is 22.7 Å². The number of nitrogens with zero attached hydrogens (tertiary/aromatic N) is 2. The molecular weight excluding hydrogens is 440 g/mol. The smallest absolute Gasteiger partial charge is 0.357 e. The second-order valence-corrected chi connectivity index (χ2v) is 6.63. The van der Waals surface area contributed by atoms with E-state index >= 15 is 0 Å². The molecule has 1 aromatic heterocycles. The number of hydrogen-bond donors (Lipinski definition) is 0. The van der Waals surface area contributed by atoms with Crippen molar-refractivity contribution in [1.29, 1.82) is 0 Å². The van der Waals surface area contributed by atoms with Gasteiger partial charge >= 0.3 is 11.9 Å². The third-order valence-corrected chi connectivity index (χ3v) is 4.46. The molecule has 3 aromatic rings. The topological polar surface area (TPSA) is 79.7 Å². The van der Waals surface area contributed by atoms with Gasteiger partial charge in [-0.2, -0.15) is 5.10 Å². The van der Waals surface area contributed by atoms with Crippen LogP contribution in [0.25, 0.3) is 16.9 Å². The van der Waals surface area contributed by atoms with Crippen LogP contribution in [0, 0.1) is 0 Å². The molecule has 0 saturated carbocycles. The molecule has 0 spiro atoms. The summed E-state index contributed by atoms with van der Waals surface area (Å²) in [7, 11) is 2.50. The summed E-state index contributed by atoms with van der Waals surface area (Å²) in [6.45, 7) is 0.424. The van der Waals surface area contributed by atoms with Gasteiger partial charge in [-0.1, -0.05) is 46.3 Å². The zero-order valence-corrected chi connectivity index (χ0v) is 17.5. The first-order chi connectivity index (χ1) is 14.1. The highest BCUT2D eigenvalue weighted by Crippen LogP contribution is 2.34. The molecule has 1 heterocycles. The number of ether oxygens (including phenoxy) is 3. The highest BCUT2D eigenvalue weighted by Gasteiger charge is 2.32. The number of carbonyl (C=O) groups is 2. The molecule has 0 amide bonds. The summed E-state index contributed by atoms with van der Waals surface area (Å²) in [5, 5.41) is 5.22. The average Bonchev–Trinajstić information content (AvgIpc) is 3.17. The number of benzene rings is 2. The molecule has 0 unspecified atom stereocenters. The quantitative estimate of drug-likeness (QED) is 0.394. The van der Waals surface area contributed by atoms with Crippen LogP contribution in [0.2, 0.25) is 0 Å². The van der Waals surface area contributed by atoms with E-state index in [4.69, 9.17) is 14.2 Å². The van der Waals surface area contributed by atoms with Crippen molar-refractivity contribution in [3.05, 3.63) is 65.9 Å². The molecule has 8 heteroatoms. The van der Waals surface area contributed by atoms with Gasteiger partial charge in [-0.3, -0.25) is 0 Å². The zero-order chi connectivity index (χ0) is 20.8. The van der Waals surface area contributed by atoms with Crippen LogP contribution in [0.1, 0.15) is 20.8 Å². The van der Waals surface area contributed by atoms with E-state index in [2.05, 4.69) is 21.0 Å². The maximum atomic E-state index is 12.7. The minimum absolute atomic E-state index is 0.0121. The van der Waals surface area contributed by atoms with Crippen molar-refractivity contribution in [2.45, 2.75) is 0 Å². The van der Waals surface area contributed by atoms with Gasteiger partial charge in [-0.15, -0.1) is 0 Å². The predicted octanol–water partition coefficient (Wildman–Crippen LogP) is 3.89. The molecule has 2 aromatic carbocycles. The van der Waals surface area contributed by atoms with E-state index in [0.717, 1.165) is 0 Å². The fourth-order valence-corrected chi connectivity index (χ4v) is 3.04. The molecule has 0 saturated heterocycles. The van der Waals surface area contributed by atoms with Crippen LogP contribution in [-0.2, 0) is 9.47 Å². The van der Waals surface area contributed by atoms with Crippen LogP contribution >= 0.6 is 15.9 Å². The summed E-state index contributed by atoms with van der Waals surface area (Å²) >= 11 is 3.33. The van der Waals surface area contributed by atoms with E-state index in [1.807, 2.05) is 24.3 Å². The lowest BCUT2D eigenvalue weighted by atomic mass is 10.0. The number of rotatable bonds is 7. The number of carbonyl (C=O) groups excluding carboxylic acids is 2. The third kappa shape index (κ3) is 4.17. The highest BCUT2D eigenvalue weighted by molar-refractivity contribution is 9.09. The molecule has 0 aliphatic carbocycles.